The van der Waals surface area contributed by atoms with E-state index in [1.165, 1.54) is 0 Å². The molecule has 4 nitrogen and oxygen atoms in total. The van der Waals surface area contributed by atoms with Crippen LogP contribution in [0.3, 0.4) is 0 Å². The quantitative estimate of drug-likeness (QED) is 0.622. The van der Waals surface area contributed by atoms with Gasteiger partial charge in [-0.25, -0.2) is 0 Å². The third-order valence-corrected chi connectivity index (χ3v) is 4.71. The summed E-state index contributed by atoms with van der Waals surface area (Å²) < 4.78 is 0. The topological polar surface area (TPSA) is 49.4 Å². The van der Waals surface area contributed by atoms with Crippen LogP contribution in [0.5, 0.6) is 0 Å². The highest BCUT2D eigenvalue weighted by Gasteiger charge is 2.17. The van der Waals surface area contributed by atoms with E-state index >= 15 is 0 Å². The summed E-state index contributed by atoms with van der Waals surface area (Å²) in [4.78, 5) is 27.3. The molecule has 0 fully saturated rings. The molecule has 5 heteroatoms. The van der Waals surface area contributed by atoms with Gasteiger partial charge in [0.05, 0.1) is 10.7 Å². The Morgan fingerprint density at radius 1 is 0.893 bits per heavy atom. The number of rotatable bonds is 6. The summed E-state index contributed by atoms with van der Waals surface area (Å²) in [6.45, 7) is 3.03. The summed E-state index contributed by atoms with van der Waals surface area (Å²) >= 11 is 6.10. The number of amides is 2. The van der Waals surface area contributed by atoms with Gasteiger partial charge in [-0.05, 0) is 42.8 Å². The van der Waals surface area contributed by atoms with Crippen molar-refractivity contribution in [2.75, 3.05) is 11.9 Å². The first-order valence-corrected chi connectivity index (χ1v) is 9.45. The van der Waals surface area contributed by atoms with Crippen LogP contribution >= 0.6 is 11.6 Å². The van der Waals surface area contributed by atoms with Gasteiger partial charge in [-0.15, -0.1) is 0 Å². The van der Waals surface area contributed by atoms with Crippen LogP contribution in [0.2, 0.25) is 5.02 Å². The Morgan fingerprint density at radius 2 is 1.57 bits per heavy atom. The van der Waals surface area contributed by atoms with E-state index in [4.69, 9.17) is 11.6 Å². The molecule has 0 unspecified atom stereocenters. The van der Waals surface area contributed by atoms with Crippen molar-refractivity contribution in [3.05, 3.63) is 101 Å². The van der Waals surface area contributed by atoms with E-state index in [1.807, 2.05) is 37.3 Å². The maximum atomic E-state index is 12.9. The summed E-state index contributed by atoms with van der Waals surface area (Å²) in [5.74, 6) is -0.424. The normalized spacial score (nSPS) is 10.4. The molecule has 0 aliphatic rings. The zero-order valence-electron chi connectivity index (χ0n) is 15.6. The van der Waals surface area contributed by atoms with Gasteiger partial charge in [0.25, 0.3) is 11.8 Å². The fourth-order valence-electron chi connectivity index (χ4n) is 2.86. The smallest absolute Gasteiger partial charge is 0.255 e. The molecule has 0 heterocycles. The van der Waals surface area contributed by atoms with E-state index in [2.05, 4.69) is 5.32 Å². The second kappa shape index (κ2) is 9.20. The number of nitrogens with one attached hydrogen (secondary N) is 1. The molecular formula is C23H21ClN2O2. The maximum Gasteiger partial charge on any atom is 0.255 e. The molecule has 0 bridgehead atoms. The first kappa shape index (κ1) is 19.6. The minimum absolute atomic E-state index is 0.112. The predicted octanol–water partition coefficient (Wildman–Crippen LogP) is 5.25. The second-order valence-corrected chi connectivity index (χ2v) is 6.73. The van der Waals surface area contributed by atoms with Gasteiger partial charge < -0.3 is 10.2 Å². The van der Waals surface area contributed by atoms with Crippen LogP contribution in [-0.2, 0) is 6.54 Å². The Hall–Kier alpha value is -3.11. The molecule has 1 N–H and O–H groups in total. The highest BCUT2D eigenvalue weighted by Crippen LogP contribution is 2.21. The Labute approximate surface area is 169 Å². The molecule has 0 saturated heterocycles. The molecule has 2 amide bonds. The van der Waals surface area contributed by atoms with Crippen molar-refractivity contribution in [3.8, 4) is 0 Å². The molecule has 0 saturated carbocycles. The molecule has 3 rings (SSSR count). The van der Waals surface area contributed by atoms with E-state index in [-0.39, 0.29) is 11.8 Å². The molecule has 3 aromatic carbocycles. The number of halogens is 1. The third-order valence-electron chi connectivity index (χ3n) is 4.38. The molecule has 0 aliphatic carbocycles. The summed E-state index contributed by atoms with van der Waals surface area (Å²) in [7, 11) is 0. The maximum absolute atomic E-state index is 12.9. The third kappa shape index (κ3) is 4.78. The molecule has 0 spiro atoms. The predicted molar refractivity (Wildman–Crippen MR) is 113 cm³/mol. The summed E-state index contributed by atoms with van der Waals surface area (Å²) in [6, 6.07) is 23.6. The van der Waals surface area contributed by atoms with Crippen molar-refractivity contribution < 1.29 is 9.59 Å². The molecular weight excluding hydrogens is 372 g/mol. The van der Waals surface area contributed by atoms with Crippen LogP contribution < -0.4 is 5.32 Å². The Kier molecular flexibility index (Phi) is 6.45. The van der Waals surface area contributed by atoms with E-state index < -0.39 is 0 Å². The molecule has 0 atom stereocenters. The first-order valence-electron chi connectivity index (χ1n) is 9.07. The van der Waals surface area contributed by atoms with E-state index in [0.717, 1.165) is 5.56 Å². The minimum Gasteiger partial charge on any atom is -0.335 e. The number of anilines is 1. The number of carbonyl (C=O) groups excluding carboxylic acids is 2. The number of hydrogen-bond acceptors (Lipinski definition) is 2. The van der Waals surface area contributed by atoms with Crippen molar-refractivity contribution in [1.29, 1.82) is 0 Å². The number of para-hydroxylation sites is 1. The fourth-order valence-corrected chi connectivity index (χ4v) is 3.05. The van der Waals surface area contributed by atoms with E-state index in [0.29, 0.717) is 34.9 Å². The van der Waals surface area contributed by atoms with E-state index in [1.54, 1.807) is 53.4 Å². The molecule has 0 radical (unpaired) electrons. The average Bonchev–Trinajstić information content (AvgIpc) is 2.74. The fraction of sp³-hybridized carbons (Fsp3) is 0.130. The van der Waals surface area contributed by atoms with Crippen LogP contribution in [0.25, 0.3) is 0 Å². The molecule has 3 aromatic rings. The minimum atomic E-state index is -0.311. The van der Waals surface area contributed by atoms with E-state index in [9.17, 15) is 9.59 Å². The van der Waals surface area contributed by atoms with Gasteiger partial charge in [-0.1, -0.05) is 60.1 Å². The summed E-state index contributed by atoms with van der Waals surface area (Å²) in [6.07, 6.45) is 0. The number of nitrogens with zero attached hydrogens (tertiary/aromatic N) is 1. The number of hydrogen-bond donors (Lipinski definition) is 1. The zero-order chi connectivity index (χ0) is 19.9. The summed E-state index contributed by atoms with van der Waals surface area (Å²) in [5.41, 5.74) is 2.47. The molecule has 0 aliphatic heterocycles. The lowest BCUT2D eigenvalue weighted by atomic mass is 10.1. The van der Waals surface area contributed by atoms with Crippen molar-refractivity contribution in [3.63, 3.8) is 0 Å². The van der Waals surface area contributed by atoms with Crippen molar-refractivity contribution in [2.24, 2.45) is 0 Å². The second-order valence-electron chi connectivity index (χ2n) is 6.32. The largest absolute Gasteiger partial charge is 0.335 e. The van der Waals surface area contributed by atoms with Crippen molar-refractivity contribution in [2.45, 2.75) is 13.5 Å². The lowest BCUT2D eigenvalue weighted by molar-refractivity contribution is 0.0752. The lowest BCUT2D eigenvalue weighted by Gasteiger charge is -2.21. The molecule has 142 valence electrons. The Bertz CT molecular complexity index is 973. The molecule has 0 aromatic heterocycles. The van der Waals surface area contributed by atoms with Gasteiger partial charge in [-0.2, -0.15) is 0 Å². The lowest BCUT2D eigenvalue weighted by Crippen LogP contribution is -2.30. The van der Waals surface area contributed by atoms with Crippen LogP contribution in [0, 0.1) is 0 Å². The van der Waals surface area contributed by atoms with Gasteiger partial charge >= 0.3 is 0 Å². The van der Waals surface area contributed by atoms with Crippen LogP contribution in [0.1, 0.15) is 33.2 Å². The average molecular weight is 393 g/mol. The van der Waals surface area contributed by atoms with Gasteiger partial charge in [-0.3, -0.25) is 9.59 Å². The van der Waals surface area contributed by atoms with Crippen LogP contribution in [-0.4, -0.2) is 23.3 Å². The SMILES string of the molecule is CCN(Cc1ccccc1)C(=O)c1cccc(C(=O)Nc2ccccc2Cl)c1. The number of carbonyl (C=O) groups is 2. The van der Waals surface area contributed by atoms with Gasteiger partial charge in [0.1, 0.15) is 0 Å². The van der Waals surface area contributed by atoms with Gasteiger partial charge in [0, 0.05) is 24.2 Å². The van der Waals surface area contributed by atoms with Crippen molar-refractivity contribution in [1.82, 2.24) is 4.90 Å². The Morgan fingerprint density at radius 3 is 2.29 bits per heavy atom. The highest BCUT2D eigenvalue weighted by molar-refractivity contribution is 6.33. The first-order chi connectivity index (χ1) is 13.6. The Balaban J connectivity index is 1.77. The molecule has 28 heavy (non-hydrogen) atoms. The van der Waals surface area contributed by atoms with Crippen LogP contribution in [0.4, 0.5) is 5.69 Å². The van der Waals surface area contributed by atoms with Crippen molar-refractivity contribution >= 4 is 29.1 Å². The zero-order valence-corrected chi connectivity index (χ0v) is 16.3. The number of benzene rings is 3. The monoisotopic (exact) mass is 392 g/mol. The van der Waals surface area contributed by atoms with Gasteiger partial charge in [0.2, 0.25) is 0 Å². The van der Waals surface area contributed by atoms with Gasteiger partial charge in [0.15, 0.2) is 0 Å². The van der Waals surface area contributed by atoms with Crippen LogP contribution in [0.15, 0.2) is 78.9 Å². The highest BCUT2D eigenvalue weighted by atomic mass is 35.5. The summed E-state index contributed by atoms with van der Waals surface area (Å²) in [5, 5.41) is 3.24. The standard InChI is InChI=1S/C23H21ClN2O2/c1-2-26(16-17-9-4-3-5-10-17)23(28)19-12-8-11-18(15-19)22(27)25-21-14-7-6-13-20(21)24/h3-15H,2,16H2,1H3,(H,25,27).